The van der Waals surface area contributed by atoms with E-state index in [0.717, 1.165) is 17.7 Å². The van der Waals surface area contributed by atoms with Gasteiger partial charge in [0.25, 0.3) is 0 Å². The summed E-state index contributed by atoms with van der Waals surface area (Å²) in [7, 11) is 1.75. The van der Waals surface area contributed by atoms with Crippen molar-refractivity contribution < 1.29 is 9.31 Å². The molecule has 1 heterocycles. The van der Waals surface area contributed by atoms with Gasteiger partial charge in [0, 0.05) is 31.5 Å². The lowest BCUT2D eigenvalue weighted by molar-refractivity contribution is -0.387. The fourth-order valence-electron chi connectivity index (χ4n) is 1.81. The van der Waals surface area contributed by atoms with Crippen LogP contribution >= 0.6 is 0 Å². The molecule has 0 aliphatic carbocycles. The van der Waals surface area contributed by atoms with E-state index in [9.17, 15) is 14.5 Å². The number of nitrogens with zero attached hydrogens (tertiary/aromatic N) is 3. The molecule has 0 fully saturated rings. The molecule has 0 aliphatic rings. The van der Waals surface area contributed by atoms with E-state index in [1.807, 2.05) is 6.07 Å². The topological polar surface area (TPSA) is 83.9 Å². The first-order valence-corrected chi connectivity index (χ1v) is 5.74. The maximum Gasteiger partial charge on any atom is 0.306 e. The number of hydrogen-bond acceptors (Lipinski definition) is 4. The largest absolute Gasteiger partial charge is 0.381 e. The third kappa shape index (κ3) is 2.75. The summed E-state index contributed by atoms with van der Waals surface area (Å²) in [6.07, 6.45) is 1.78. The molecular weight excluding hydrogens is 263 g/mol. The van der Waals surface area contributed by atoms with E-state index >= 15 is 0 Å². The van der Waals surface area contributed by atoms with Crippen molar-refractivity contribution in [1.82, 2.24) is 4.57 Å². The van der Waals surface area contributed by atoms with Crippen molar-refractivity contribution in [3.63, 3.8) is 0 Å². The van der Waals surface area contributed by atoms with E-state index in [0.29, 0.717) is 17.9 Å². The Balaban J connectivity index is 2.13. The molecule has 0 aliphatic heterocycles. The van der Waals surface area contributed by atoms with Gasteiger partial charge in [-0.15, -0.1) is 0 Å². The highest BCUT2D eigenvalue weighted by Crippen LogP contribution is 2.22. The van der Waals surface area contributed by atoms with Gasteiger partial charge in [-0.1, -0.05) is 0 Å². The summed E-state index contributed by atoms with van der Waals surface area (Å²) < 4.78 is 14.9. The summed E-state index contributed by atoms with van der Waals surface area (Å²) in [6.45, 7) is 0.387. The highest BCUT2D eigenvalue weighted by Gasteiger charge is 2.14. The minimum atomic E-state index is -0.868. The van der Waals surface area contributed by atoms with Crippen molar-refractivity contribution in [2.24, 2.45) is 7.05 Å². The van der Waals surface area contributed by atoms with E-state index in [1.54, 1.807) is 23.9 Å². The molecule has 0 bridgehead atoms. The Kier molecular flexibility index (Phi) is 3.66. The van der Waals surface area contributed by atoms with Crippen LogP contribution in [0.15, 0.2) is 30.5 Å². The van der Waals surface area contributed by atoms with Crippen LogP contribution in [0.1, 0.15) is 11.3 Å². The molecule has 6 nitrogen and oxygen atoms in total. The number of rotatable bonds is 4. The van der Waals surface area contributed by atoms with Crippen LogP contribution in [0.5, 0.6) is 0 Å². The van der Waals surface area contributed by atoms with Gasteiger partial charge in [-0.25, -0.2) is 0 Å². The number of halogens is 1. The van der Waals surface area contributed by atoms with E-state index in [4.69, 9.17) is 5.26 Å². The SMILES string of the molecule is Cn1cc(CNc2ccc(F)c([N+](=O)[O-])c2)cc1C#N. The standard InChI is InChI=1S/C13H11FN4O2/c1-17-8-9(4-11(17)6-15)7-16-10-2-3-12(14)13(5-10)18(19)20/h2-5,8,16H,7H2,1H3. The molecule has 0 spiro atoms. The van der Waals surface area contributed by atoms with Gasteiger partial charge < -0.3 is 9.88 Å². The third-order valence-corrected chi connectivity index (χ3v) is 2.82. The smallest absolute Gasteiger partial charge is 0.306 e. The molecule has 1 aromatic carbocycles. The predicted molar refractivity (Wildman–Crippen MR) is 70.5 cm³/mol. The first-order valence-electron chi connectivity index (χ1n) is 5.74. The van der Waals surface area contributed by atoms with Crippen LogP contribution < -0.4 is 5.32 Å². The molecule has 1 aromatic heterocycles. The predicted octanol–water partition coefficient (Wildman–Crippen LogP) is 2.56. The van der Waals surface area contributed by atoms with Gasteiger partial charge in [0.15, 0.2) is 0 Å². The fraction of sp³-hybridized carbons (Fsp3) is 0.154. The Morgan fingerprint density at radius 1 is 1.50 bits per heavy atom. The Hall–Kier alpha value is -2.88. The van der Waals surface area contributed by atoms with Crippen LogP contribution in [0.2, 0.25) is 0 Å². The Labute approximate surface area is 114 Å². The van der Waals surface area contributed by atoms with E-state index in [2.05, 4.69) is 5.32 Å². The quantitative estimate of drug-likeness (QED) is 0.686. The summed E-state index contributed by atoms with van der Waals surface area (Å²) in [5, 5.41) is 22.4. The van der Waals surface area contributed by atoms with Crippen LogP contribution in [0.4, 0.5) is 15.8 Å². The Bertz CT molecular complexity index is 703. The first kappa shape index (κ1) is 13.5. The second kappa shape index (κ2) is 5.40. The monoisotopic (exact) mass is 274 g/mol. The zero-order valence-corrected chi connectivity index (χ0v) is 10.6. The number of nitrogens with one attached hydrogen (secondary N) is 1. The number of aromatic nitrogens is 1. The second-order valence-electron chi connectivity index (χ2n) is 4.23. The molecule has 0 unspecified atom stereocenters. The molecule has 0 radical (unpaired) electrons. The number of aryl methyl sites for hydroxylation is 1. The number of hydrogen-bond donors (Lipinski definition) is 1. The number of nitro benzene ring substituents is 1. The zero-order chi connectivity index (χ0) is 14.7. The van der Waals surface area contributed by atoms with Crippen molar-refractivity contribution in [2.45, 2.75) is 6.54 Å². The Morgan fingerprint density at radius 3 is 2.85 bits per heavy atom. The molecule has 0 saturated carbocycles. The highest BCUT2D eigenvalue weighted by atomic mass is 19.1. The number of benzene rings is 1. The Morgan fingerprint density at radius 2 is 2.25 bits per heavy atom. The molecule has 1 N–H and O–H groups in total. The van der Waals surface area contributed by atoms with Crippen LogP contribution in [0, 0.1) is 27.3 Å². The van der Waals surface area contributed by atoms with Crippen LogP contribution in [-0.4, -0.2) is 9.49 Å². The average molecular weight is 274 g/mol. The van der Waals surface area contributed by atoms with Gasteiger partial charge in [0.1, 0.15) is 11.8 Å². The molecule has 0 atom stereocenters. The van der Waals surface area contributed by atoms with Gasteiger partial charge in [-0.05, 0) is 23.8 Å². The highest BCUT2D eigenvalue weighted by molar-refractivity contribution is 5.52. The van der Waals surface area contributed by atoms with Gasteiger partial charge >= 0.3 is 5.69 Å². The maximum absolute atomic E-state index is 13.2. The molecule has 2 rings (SSSR count). The molecule has 0 saturated heterocycles. The lowest BCUT2D eigenvalue weighted by Gasteiger charge is -2.05. The number of nitro groups is 1. The van der Waals surface area contributed by atoms with Crippen LogP contribution in [0.25, 0.3) is 0 Å². The van der Waals surface area contributed by atoms with E-state index in [1.165, 1.54) is 6.07 Å². The molecular formula is C13H11FN4O2. The van der Waals surface area contributed by atoms with Gasteiger partial charge in [-0.2, -0.15) is 9.65 Å². The van der Waals surface area contributed by atoms with Crippen LogP contribution in [0.3, 0.4) is 0 Å². The normalized spacial score (nSPS) is 10.1. The summed E-state index contributed by atoms with van der Waals surface area (Å²) >= 11 is 0. The molecule has 0 amide bonds. The zero-order valence-electron chi connectivity index (χ0n) is 10.6. The van der Waals surface area contributed by atoms with Gasteiger partial charge in [-0.3, -0.25) is 10.1 Å². The lowest BCUT2D eigenvalue weighted by Crippen LogP contribution is -2.00. The molecule has 102 valence electrons. The lowest BCUT2D eigenvalue weighted by atomic mass is 10.2. The fourth-order valence-corrected chi connectivity index (χ4v) is 1.81. The third-order valence-electron chi connectivity index (χ3n) is 2.82. The van der Waals surface area contributed by atoms with Crippen molar-refractivity contribution in [2.75, 3.05) is 5.32 Å². The van der Waals surface area contributed by atoms with Crippen LogP contribution in [-0.2, 0) is 13.6 Å². The minimum Gasteiger partial charge on any atom is -0.381 e. The summed E-state index contributed by atoms with van der Waals surface area (Å²) in [5.74, 6) is -0.868. The van der Waals surface area contributed by atoms with Crippen molar-refractivity contribution in [3.8, 4) is 6.07 Å². The van der Waals surface area contributed by atoms with Gasteiger partial charge in [0.2, 0.25) is 5.82 Å². The minimum absolute atomic E-state index is 0.387. The average Bonchev–Trinajstić information content (AvgIpc) is 2.78. The molecule has 2 aromatic rings. The van der Waals surface area contributed by atoms with Crippen molar-refractivity contribution in [3.05, 3.63) is 57.7 Å². The number of nitriles is 1. The van der Waals surface area contributed by atoms with Gasteiger partial charge in [0.05, 0.1) is 4.92 Å². The summed E-state index contributed by atoms with van der Waals surface area (Å²) in [6, 6.07) is 7.37. The molecule has 20 heavy (non-hydrogen) atoms. The summed E-state index contributed by atoms with van der Waals surface area (Å²) in [5.41, 5.74) is 1.25. The first-order chi connectivity index (χ1) is 9.51. The van der Waals surface area contributed by atoms with E-state index < -0.39 is 16.4 Å². The van der Waals surface area contributed by atoms with Crippen molar-refractivity contribution in [1.29, 1.82) is 5.26 Å². The van der Waals surface area contributed by atoms with E-state index in [-0.39, 0.29) is 0 Å². The van der Waals surface area contributed by atoms with Crippen molar-refractivity contribution >= 4 is 11.4 Å². The molecule has 7 heteroatoms. The maximum atomic E-state index is 13.2. The second-order valence-corrected chi connectivity index (χ2v) is 4.23. The summed E-state index contributed by atoms with van der Waals surface area (Å²) in [4.78, 5) is 9.87. The number of anilines is 1.